The standard InChI is InChI=1S/C13H20BrN/c1-3-4-5-6-9-15-13-10-12(14)8-7-11(13)2/h7-8,10,15H,3-6,9H2,1-2H3. The number of halogens is 1. The molecule has 1 aromatic carbocycles. The Labute approximate surface area is 101 Å². The van der Waals surface area contributed by atoms with Gasteiger partial charge in [0.05, 0.1) is 0 Å². The normalized spacial score (nSPS) is 10.3. The minimum absolute atomic E-state index is 1.08. The zero-order valence-corrected chi connectivity index (χ0v) is 11.2. The van der Waals surface area contributed by atoms with Crippen molar-refractivity contribution in [3.8, 4) is 0 Å². The third-order valence-electron chi connectivity index (χ3n) is 2.55. The third-order valence-corrected chi connectivity index (χ3v) is 3.04. The number of aryl methyl sites for hydroxylation is 1. The highest BCUT2D eigenvalue weighted by molar-refractivity contribution is 9.10. The van der Waals surface area contributed by atoms with Crippen LogP contribution in [0, 0.1) is 6.92 Å². The van der Waals surface area contributed by atoms with E-state index < -0.39 is 0 Å². The van der Waals surface area contributed by atoms with Gasteiger partial charge in [0, 0.05) is 16.7 Å². The van der Waals surface area contributed by atoms with Crippen molar-refractivity contribution >= 4 is 21.6 Å². The van der Waals surface area contributed by atoms with E-state index in [4.69, 9.17) is 0 Å². The molecule has 0 amide bonds. The van der Waals surface area contributed by atoms with Crippen LogP contribution in [0.15, 0.2) is 22.7 Å². The van der Waals surface area contributed by atoms with Crippen LogP contribution in [0.2, 0.25) is 0 Å². The Morgan fingerprint density at radius 2 is 2.00 bits per heavy atom. The molecule has 0 atom stereocenters. The van der Waals surface area contributed by atoms with Gasteiger partial charge in [-0.2, -0.15) is 0 Å². The van der Waals surface area contributed by atoms with Crippen LogP contribution in [0.5, 0.6) is 0 Å². The Kier molecular flexibility index (Phi) is 5.77. The molecule has 1 rings (SSSR count). The first-order valence-corrected chi connectivity index (χ1v) is 6.53. The van der Waals surface area contributed by atoms with Crippen molar-refractivity contribution in [3.05, 3.63) is 28.2 Å². The maximum atomic E-state index is 3.49. The van der Waals surface area contributed by atoms with Crippen molar-refractivity contribution < 1.29 is 0 Å². The van der Waals surface area contributed by atoms with Crippen LogP contribution in [0.3, 0.4) is 0 Å². The average Bonchev–Trinajstić information content (AvgIpc) is 2.23. The second-order valence-corrected chi connectivity index (χ2v) is 4.86. The lowest BCUT2D eigenvalue weighted by Gasteiger charge is -2.09. The van der Waals surface area contributed by atoms with Crippen LogP contribution in [0.1, 0.15) is 38.2 Å². The third kappa shape index (κ3) is 4.70. The van der Waals surface area contributed by atoms with Gasteiger partial charge in [-0.25, -0.2) is 0 Å². The van der Waals surface area contributed by atoms with E-state index in [1.807, 2.05) is 0 Å². The van der Waals surface area contributed by atoms with Gasteiger partial charge in [0.2, 0.25) is 0 Å². The van der Waals surface area contributed by atoms with Crippen LogP contribution in [0.25, 0.3) is 0 Å². The second kappa shape index (κ2) is 6.89. The van der Waals surface area contributed by atoms with E-state index in [2.05, 4.69) is 53.3 Å². The molecule has 0 saturated carbocycles. The second-order valence-electron chi connectivity index (χ2n) is 3.95. The van der Waals surface area contributed by atoms with Crippen LogP contribution in [-0.4, -0.2) is 6.54 Å². The molecule has 0 radical (unpaired) electrons. The van der Waals surface area contributed by atoms with Crippen molar-refractivity contribution in [2.24, 2.45) is 0 Å². The van der Waals surface area contributed by atoms with Crippen LogP contribution in [0.4, 0.5) is 5.69 Å². The van der Waals surface area contributed by atoms with Crippen molar-refractivity contribution in [2.75, 3.05) is 11.9 Å². The Morgan fingerprint density at radius 3 is 2.73 bits per heavy atom. The first kappa shape index (κ1) is 12.6. The number of benzene rings is 1. The minimum atomic E-state index is 1.08. The minimum Gasteiger partial charge on any atom is -0.385 e. The Morgan fingerprint density at radius 1 is 1.20 bits per heavy atom. The van der Waals surface area contributed by atoms with Crippen molar-refractivity contribution in [2.45, 2.75) is 39.5 Å². The number of rotatable bonds is 6. The molecule has 0 spiro atoms. The van der Waals surface area contributed by atoms with Gasteiger partial charge >= 0.3 is 0 Å². The smallest absolute Gasteiger partial charge is 0.0381 e. The summed E-state index contributed by atoms with van der Waals surface area (Å²) >= 11 is 3.49. The monoisotopic (exact) mass is 269 g/mol. The molecular weight excluding hydrogens is 250 g/mol. The van der Waals surface area contributed by atoms with E-state index in [1.54, 1.807) is 0 Å². The van der Waals surface area contributed by atoms with E-state index in [0.717, 1.165) is 11.0 Å². The Balaban J connectivity index is 2.33. The molecule has 0 aliphatic carbocycles. The molecule has 2 heteroatoms. The number of hydrogen-bond donors (Lipinski definition) is 1. The fourth-order valence-electron chi connectivity index (χ4n) is 1.56. The van der Waals surface area contributed by atoms with E-state index >= 15 is 0 Å². The SMILES string of the molecule is CCCCCCNc1cc(Br)ccc1C. The quantitative estimate of drug-likeness (QED) is 0.735. The first-order valence-electron chi connectivity index (χ1n) is 5.74. The summed E-state index contributed by atoms with van der Waals surface area (Å²) in [7, 11) is 0. The van der Waals surface area contributed by atoms with Crippen LogP contribution < -0.4 is 5.32 Å². The largest absolute Gasteiger partial charge is 0.385 e. The summed E-state index contributed by atoms with van der Waals surface area (Å²) in [5.41, 5.74) is 2.56. The van der Waals surface area contributed by atoms with Gasteiger partial charge in [0.25, 0.3) is 0 Å². The molecule has 1 N–H and O–H groups in total. The lowest BCUT2D eigenvalue weighted by molar-refractivity contribution is 0.685. The summed E-state index contributed by atoms with van der Waals surface area (Å²) in [4.78, 5) is 0. The van der Waals surface area contributed by atoms with Crippen molar-refractivity contribution in [3.63, 3.8) is 0 Å². The topological polar surface area (TPSA) is 12.0 Å². The van der Waals surface area contributed by atoms with Gasteiger partial charge in [-0.15, -0.1) is 0 Å². The maximum absolute atomic E-state index is 3.49. The number of unbranched alkanes of at least 4 members (excludes halogenated alkanes) is 3. The van der Waals surface area contributed by atoms with Crippen molar-refractivity contribution in [1.29, 1.82) is 0 Å². The summed E-state index contributed by atoms with van der Waals surface area (Å²) in [6, 6.07) is 6.37. The molecule has 0 unspecified atom stereocenters. The van der Waals surface area contributed by atoms with Gasteiger partial charge in [-0.1, -0.05) is 48.2 Å². The maximum Gasteiger partial charge on any atom is 0.0381 e. The predicted octanol–water partition coefficient (Wildman–Crippen LogP) is 4.75. The molecular formula is C13H20BrN. The van der Waals surface area contributed by atoms with Gasteiger partial charge in [0.15, 0.2) is 0 Å². The zero-order valence-electron chi connectivity index (χ0n) is 9.65. The number of hydrogen-bond acceptors (Lipinski definition) is 1. The molecule has 15 heavy (non-hydrogen) atoms. The van der Waals surface area contributed by atoms with E-state index in [0.29, 0.717) is 0 Å². The Hall–Kier alpha value is -0.500. The lowest BCUT2D eigenvalue weighted by Crippen LogP contribution is -2.02. The predicted molar refractivity (Wildman–Crippen MR) is 71.5 cm³/mol. The highest BCUT2D eigenvalue weighted by Gasteiger charge is 1.97. The molecule has 0 fully saturated rings. The van der Waals surface area contributed by atoms with Gasteiger partial charge in [-0.05, 0) is 31.0 Å². The van der Waals surface area contributed by atoms with Gasteiger partial charge < -0.3 is 5.32 Å². The fraction of sp³-hybridized carbons (Fsp3) is 0.538. The Bertz CT molecular complexity index is 297. The van der Waals surface area contributed by atoms with Gasteiger partial charge in [0.1, 0.15) is 0 Å². The molecule has 84 valence electrons. The van der Waals surface area contributed by atoms with E-state index in [-0.39, 0.29) is 0 Å². The molecule has 0 aliphatic heterocycles. The molecule has 0 heterocycles. The lowest BCUT2D eigenvalue weighted by atomic mass is 10.2. The van der Waals surface area contributed by atoms with E-state index in [9.17, 15) is 0 Å². The summed E-state index contributed by atoms with van der Waals surface area (Å²) < 4.78 is 1.14. The molecule has 0 saturated heterocycles. The number of nitrogens with one attached hydrogen (secondary N) is 1. The first-order chi connectivity index (χ1) is 7.24. The van der Waals surface area contributed by atoms with Gasteiger partial charge in [-0.3, -0.25) is 0 Å². The highest BCUT2D eigenvalue weighted by Crippen LogP contribution is 2.20. The molecule has 0 bridgehead atoms. The summed E-state index contributed by atoms with van der Waals surface area (Å²) in [5.74, 6) is 0. The highest BCUT2D eigenvalue weighted by atomic mass is 79.9. The van der Waals surface area contributed by atoms with Crippen LogP contribution in [-0.2, 0) is 0 Å². The summed E-state index contributed by atoms with van der Waals surface area (Å²) in [5, 5.41) is 3.48. The average molecular weight is 270 g/mol. The van der Waals surface area contributed by atoms with Crippen LogP contribution >= 0.6 is 15.9 Å². The molecule has 0 aliphatic rings. The number of anilines is 1. The summed E-state index contributed by atoms with van der Waals surface area (Å²) in [6.45, 7) is 5.46. The van der Waals surface area contributed by atoms with E-state index in [1.165, 1.54) is 36.9 Å². The van der Waals surface area contributed by atoms with Crippen molar-refractivity contribution in [1.82, 2.24) is 0 Å². The zero-order chi connectivity index (χ0) is 11.1. The molecule has 1 nitrogen and oxygen atoms in total. The fourth-order valence-corrected chi connectivity index (χ4v) is 1.92. The summed E-state index contributed by atoms with van der Waals surface area (Å²) in [6.07, 6.45) is 5.24. The molecule has 0 aromatic heterocycles. The molecule has 1 aromatic rings.